The fraction of sp³-hybridized carbons (Fsp3) is 0.400. The van der Waals surface area contributed by atoms with E-state index < -0.39 is 24.4 Å². The van der Waals surface area contributed by atoms with Gasteiger partial charge in [0.25, 0.3) is 0 Å². The Balaban J connectivity index is 1.66. The molecule has 2 N–H and O–H groups in total. The molecule has 11 nitrogen and oxygen atoms in total. The second-order valence-electron chi connectivity index (χ2n) is 8.85. The van der Waals surface area contributed by atoms with Crippen molar-refractivity contribution < 1.29 is 28.9 Å². The second-order valence-corrected chi connectivity index (χ2v) is 8.85. The van der Waals surface area contributed by atoms with Crippen molar-refractivity contribution in [3.05, 3.63) is 54.9 Å². The van der Waals surface area contributed by atoms with E-state index in [9.17, 15) is 14.7 Å². The number of ether oxygens (including phenoxy) is 3. The molecule has 1 saturated heterocycles. The highest BCUT2D eigenvalue weighted by Crippen LogP contribution is 2.33. The lowest BCUT2D eigenvalue weighted by Gasteiger charge is -2.38. The zero-order valence-corrected chi connectivity index (χ0v) is 20.3. The number of anilines is 1. The highest BCUT2D eigenvalue weighted by Gasteiger charge is 2.42. The molecule has 1 amide bonds. The number of aliphatic hydroxyl groups is 1. The summed E-state index contributed by atoms with van der Waals surface area (Å²) in [5.41, 5.74) is 0.969. The van der Waals surface area contributed by atoms with E-state index in [4.69, 9.17) is 14.2 Å². The molecule has 0 radical (unpaired) electrons. The molecule has 190 valence electrons. The van der Waals surface area contributed by atoms with E-state index in [-0.39, 0.29) is 48.4 Å². The first kappa shape index (κ1) is 25.3. The summed E-state index contributed by atoms with van der Waals surface area (Å²) >= 11 is 0. The van der Waals surface area contributed by atoms with Gasteiger partial charge >= 0.3 is 5.97 Å². The van der Waals surface area contributed by atoms with Gasteiger partial charge in [0, 0.05) is 11.8 Å². The van der Waals surface area contributed by atoms with Gasteiger partial charge in [-0.15, -0.1) is 0 Å². The lowest BCUT2D eigenvalue weighted by atomic mass is 9.96. The number of benzene rings is 1. The van der Waals surface area contributed by atoms with Gasteiger partial charge in [-0.25, -0.2) is 9.78 Å². The van der Waals surface area contributed by atoms with Crippen LogP contribution in [0.3, 0.4) is 0 Å². The summed E-state index contributed by atoms with van der Waals surface area (Å²) in [5.74, 6) is -1.21. The lowest BCUT2D eigenvalue weighted by molar-refractivity contribution is -0.188. The van der Waals surface area contributed by atoms with Crippen molar-refractivity contribution in [2.45, 2.75) is 39.2 Å². The molecular formula is C25H29N5O6. The number of carbonyl (C=O) groups excluding carboxylic acids is 2. The molecule has 0 bridgehead atoms. The highest BCUT2D eigenvalue weighted by molar-refractivity contribution is 5.91. The van der Waals surface area contributed by atoms with Crippen LogP contribution in [0, 0.1) is 11.8 Å². The van der Waals surface area contributed by atoms with Gasteiger partial charge in [0.2, 0.25) is 17.7 Å². The maximum atomic E-state index is 12.7. The summed E-state index contributed by atoms with van der Waals surface area (Å²) in [6, 6.07) is 8.57. The van der Waals surface area contributed by atoms with E-state index in [2.05, 4.69) is 26.8 Å². The zero-order chi connectivity index (χ0) is 25.8. The fourth-order valence-corrected chi connectivity index (χ4v) is 3.77. The maximum absolute atomic E-state index is 12.7. The van der Waals surface area contributed by atoms with Gasteiger partial charge in [-0.2, -0.15) is 9.97 Å². The Kier molecular flexibility index (Phi) is 7.61. The number of amides is 1. The molecular weight excluding hydrogens is 466 g/mol. The van der Waals surface area contributed by atoms with Gasteiger partial charge in [-0.05, 0) is 12.1 Å². The van der Waals surface area contributed by atoms with Crippen LogP contribution < -0.4 is 10.1 Å². The minimum atomic E-state index is -1.22. The Labute approximate surface area is 208 Å². The van der Waals surface area contributed by atoms with Crippen molar-refractivity contribution in [2.75, 3.05) is 18.5 Å². The molecule has 3 heterocycles. The van der Waals surface area contributed by atoms with Gasteiger partial charge in [-0.3, -0.25) is 14.7 Å². The van der Waals surface area contributed by atoms with Crippen molar-refractivity contribution in [1.29, 1.82) is 0 Å². The number of aliphatic hydroxyl groups excluding tert-OH is 1. The molecule has 4 unspecified atom stereocenters. The first-order valence-corrected chi connectivity index (χ1v) is 11.6. The van der Waals surface area contributed by atoms with Crippen LogP contribution in [0.2, 0.25) is 0 Å². The van der Waals surface area contributed by atoms with Crippen molar-refractivity contribution in [2.24, 2.45) is 11.8 Å². The predicted octanol–water partition coefficient (Wildman–Crippen LogP) is 2.74. The van der Waals surface area contributed by atoms with Crippen molar-refractivity contribution in [3.63, 3.8) is 0 Å². The summed E-state index contributed by atoms with van der Waals surface area (Å²) < 4.78 is 18.8. The van der Waals surface area contributed by atoms with E-state index >= 15 is 0 Å². The lowest BCUT2D eigenvalue weighted by Crippen LogP contribution is -2.49. The molecule has 3 aromatic rings. The van der Waals surface area contributed by atoms with E-state index in [1.165, 1.54) is 10.9 Å². The van der Waals surface area contributed by atoms with Crippen LogP contribution in [0.5, 0.6) is 5.88 Å². The molecule has 0 aliphatic carbocycles. The SMILES string of the molecule is C=CCOc1nc(NC(=O)C(C)C)nc2c1ncn2C1OCC(C)C(OC(=O)c2ccccc2)C1O. The Morgan fingerprint density at radius 3 is 2.75 bits per heavy atom. The topological polar surface area (TPSA) is 138 Å². The van der Waals surface area contributed by atoms with Crippen LogP contribution in [-0.2, 0) is 14.3 Å². The molecule has 4 rings (SSSR count). The van der Waals surface area contributed by atoms with Crippen LogP contribution in [0.1, 0.15) is 37.4 Å². The monoisotopic (exact) mass is 495 g/mol. The number of rotatable bonds is 8. The first-order chi connectivity index (χ1) is 17.3. The minimum absolute atomic E-state index is 0.0211. The molecule has 1 aromatic carbocycles. The Morgan fingerprint density at radius 1 is 1.31 bits per heavy atom. The van der Waals surface area contributed by atoms with Crippen molar-refractivity contribution in [3.8, 4) is 5.88 Å². The van der Waals surface area contributed by atoms with Gasteiger partial charge < -0.3 is 19.3 Å². The third-order valence-electron chi connectivity index (χ3n) is 5.73. The number of nitrogens with zero attached hydrogens (tertiary/aromatic N) is 4. The molecule has 0 spiro atoms. The molecule has 1 aliphatic rings. The number of aromatic nitrogens is 4. The van der Waals surface area contributed by atoms with Crippen LogP contribution in [0.15, 0.2) is 49.3 Å². The van der Waals surface area contributed by atoms with Crippen LogP contribution in [0.25, 0.3) is 11.2 Å². The number of carbonyl (C=O) groups is 2. The van der Waals surface area contributed by atoms with Gasteiger partial charge in [0.1, 0.15) is 18.8 Å². The highest BCUT2D eigenvalue weighted by atomic mass is 16.6. The van der Waals surface area contributed by atoms with Crippen LogP contribution in [-0.4, -0.2) is 61.9 Å². The summed E-state index contributed by atoms with van der Waals surface area (Å²) in [5, 5.41) is 13.9. The largest absolute Gasteiger partial charge is 0.472 e. The third kappa shape index (κ3) is 5.21. The predicted molar refractivity (Wildman–Crippen MR) is 130 cm³/mol. The number of esters is 1. The van der Waals surface area contributed by atoms with E-state index in [1.54, 1.807) is 50.3 Å². The average molecular weight is 496 g/mol. The molecule has 4 atom stereocenters. The van der Waals surface area contributed by atoms with Gasteiger partial charge in [0.15, 0.2) is 17.4 Å². The molecule has 0 saturated carbocycles. The van der Waals surface area contributed by atoms with Gasteiger partial charge in [0.05, 0.1) is 18.5 Å². The molecule has 11 heteroatoms. The Hall–Kier alpha value is -3.83. The van der Waals surface area contributed by atoms with Crippen LogP contribution >= 0.6 is 0 Å². The fourth-order valence-electron chi connectivity index (χ4n) is 3.77. The first-order valence-electron chi connectivity index (χ1n) is 11.6. The maximum Gasteiger partial charge on any atom is 0.338 e. The minimum Gasteiger partial charge on any atom is -0.472 e. The summed E-state index contributed by atoms with van der Waals surface area (Å²) in [7, 11) is 0. The number of hydrogen-bond acceptors (Lipinski definition) is 9. The molecule has 2 aromatic heterocycles. The summed E-state index contributed by atoms with van der Waals surface area (Å²) in [6.45, 7) is 9.35. The van der Waals surface area contributed by atoms with Gasteiger partial charge in [-0.1, -0.05) is 51.6 Å². The molecule has 36 heavy (non-hydrogen) atoms. The van der Waals surface area contributed by atoms with E-state index in [0.29, 0.717) is 11.1 Å². The summed E-state index contributed by atoms with van der Waals surface area (Å²) in [4.78, 5) is 38.0. The van der Waals surface area contributed by atoms with Crippen molar-refractivity contribution in [1.82, 2.24) is 19.5 Å². The Morgan fingerprint density at radius 2 is 2.06 bits per heavy atom. The Bertz CT molecular complexity index is 1240. The second kappa shape index (κ2) is 10.8. The normalized spacial score (nSPS) is 21.8. The molecule has 1 fully saturated rings. The van der Waals surface area contributed by atoms with E-state index in [0.717, 1.165) is 0 Å². The average Bonchev–Trinajstić information content (AvgIpc) is 3.29. The third-order valence-corrected chi connectivity index (χ3v) is 5.73. The number of hydrogen-bond donors (Lipinski definition) is 2. The number of fused-ring (bicyclic) bond motifs is 1. The van der Waals surface area contributed by atoms with Crippen molar-refractivity contribution >= 4 is 29.0 Å². The quantitative estimate of drug-likeness (QED) is 0.357. The zero-order valence-electron chi connectivity index (χ0n) is 20.3. The standard InChI is InChI=1S/C25H29N5O6/c1-5-11-34-22-17-20(27-25(29-22)28-21(32)14(2)3)30(13-26-17)23-18(31)19(15(4)12-35-23)36-24(33)16-9-7-6-8-10-16/h5-10,13-15,18-19,23,31H,1,11-12H2,2-4H3,(H,27,28,29,32). The number of imidazole rings is 1. The van der Waals surface area contributed by atoms with Crippen LogP contribution in [0.4, 0.5) is 5.95 Å². The smallest absolute Gasteiger partial charge is 0.338 e. The molecule has 1 aliphatic heterocycles. The van der Waals surface area contributed by atoms with E-state index in [1.807, 2.05) is 6.92 Å². The summed E-state index contributed by atoms with van der Waals surface area (Å²) in [6.07, 6.45) is -0.0325. The number of nitrogens with one attached hydrogen (secondary N) is 1.